The molecule has 0 heterocycles. The van der Waals surface area contributed by atoms with Crippen LogP contribution in [0.15, 0.2) is 42.5 Å². The number of aryl methyl sites for hydroxylation is 2. The van der Waals surface area contributed by atoms with E-state index < -0.39 is 10.0 Å². The minimum atomic E-state index is -3.32. The second-order valence-electron chi connectivity index (χ2n) is 6.27. The molecule has 0 bridgehead atoms. The summed E-state index contributed by atoms with van der Waals surface area (Å²) in [6.45, 7) is 6.39. The van der Waals surface area contributed by atoms with Gasteiger partial charge >= 0.3 is 0 Å². The molecular weight excluding hydrogens is 364 g/mol. The predicted octanol–water partition coefficient (Wildman–Crippen LogP) is 2.90. The van der Waals surface area contributed by atoms with Crippen LogP contribution in [0.2, 0.25) is 0 Å². The first-order valence-electron chi connectivity index (χ1n) is 8.79. The molecule has 2 rings (SSSR count). The summed E-state index contributed by atoms with van der Waals surface area (Å²) < 4.78 is 30.6. The molecule has 0 saturated carbocycles. The molecule has 0 fully saturated rings. The van der Waals surface area contributed by atoms with E-state index in [-0.39, 0.29) is 11.7 Å². The molecule has 0 saturated heterocycles. The van der Waals surface area contributed by atoms with Crippen molar-refractivity contribution in [3.63, 3.8) is 0 Å². The van der Waals surface area contributed by atoms with Gasteiger partial charge in [-0.15, -0.1) is 0 Å². The Kier molecular flexibility index (Phi) is 6.85. The van der Waals surface area contributed by atoms with Crippen molar-refractivity contribution >= 4 is 21.6 Å². The van der Waals surface area contributed by atoms with E-state index in [2.05, 4.69) is 5.32 Å². The van der Waals surface area contributed by atoms with Crippen LogP contribution in [0.4, 0.5) is 5.69 Å². The topological polar surface area (TPSA) is 75.7 Å². The van der Waals surface area contributed by atoms with Crippen LogP contribution in [0, 0.1) is 13.8 Å². The zero-order chi connectivity index (χ0) is 20.0. The zero-order valence-electron chi connectivity index (χ0n) is 16.2. The summed E-state index contributed by atoms with van der Waals surface area (Å²) in [6.07, 6.45) is 0. The van der Waals surface area contributed by atoms with Crippen molar-refractivity contribution in [1.82, 2.24) is 5.32 Å². The molecule has 0 atom stereocenters. The number of amides is 1. The van der Waals surface area contributed by atoms with Gasteiger partial charge < -0.3 is 10.1 Å². The van der Waals surface area contributed by atoms with Crippen LogP contribution in [0.25, 0.3) is 0 Å². The summed E-state index contributed by atoms with van der Waals surface area (Å²) in [5.41, 5.74) is 3.35. The second-order valence-corrected chi connectivity index (χ2v) is 8.55. The number of benzene rings is 2. The summed E-state index contributed by atoms with van der Waals surface area (Å²) in [7, 11) is -1.82. The molecule has 2 aromatic rings. The molecule has 0 radical (unpaired) electrons. The zero-order valence-corrected chi connectivity index (χ0v) is 17.0. The molecule has 146 valence electrons. The normalized spacial score (nSPS) is 11.1. The smallest absolute Gasteiger partial charge is 0.251 e. The van der Waals surface area contributed by atoms with Gasteiger partial charge in [-0.2, -0.15) is 0 Å². The number of hydrogen-bond donors (Lipinski definition) is 1. The Morgan fingerprint density at radius 2 is 1.74 bits per heavy atom. The lowest BCUT2D eigenvalue weighted by Gasteiger charge is -2.18. The lowest BCUT2D eigenvalue weighted by molar-refractivity contribution is 0.0947. The first-order chi connectivity index (χ1) is 12.7. The maximum Gasteiger partial charge on any atom is 0.251 e. The fourth-order valence-electron chi connectivity index (χ4n) is 2.42. The number of hydrogen-bond acceptors (Lipinski definition) is 4. The van der Waals surface area contributed by atoms with Crippen LogP contribution >= 0.6 is 0 Å². The number of carbonyl (C=O) groups is 1. The minimum absolute atomic E-state index is 0.0201. The molecule has 1 N–H and O–H groups in total. The highest BCUT2D eigenvalue weighted by molar-refractivity contribution is 7.92. The monoisotopic (exact) mass is 390 g/mol. The Morgan fingerprint density at radius 1 is 1.07 bits per heavy atom. The number of nitrogens with zero attached hydrogens (tertiary/aromatic N) is 1. The van der Waals surface area contributed by atoms with Gasteiger partial charge in [-0.1, -0.05) is 6.07 Å². The Morgan fingerprint density at radius 3 is 2.33 bits per heavy atom. The maximum atomic E-state index is 12.2. The molecule has 2 aromatic carbocycles. The number of nitrogens with one attached hydrogen (secondary N) is 1. The van der Waals surface area contributed by atoms with Crippen molar-refractivity contribution in [3.05, 3.63) is 59.2 Å². The Hall–Kier alpha value is -2.54. The van der Waals surface area contributed by atoms with E-state index in [1.165, 1.54) is 16.9 Å². The Balaban J connectivity index is 1.86. The SMILES string of the molecule is CCS(=O)(=O)N(C)c1ccc(C(=O)NCCOc2ccc(C)c(C)c2)cc1. The number of carbonyl (C=O) groups excluding carboxylic acids is 1. The van der Waals surface area contributed by atoms with Crippen LogP contribution in [0.5, 0.6) is 5.75 Å². The van der Waals surface area contributed by atoms with Crippen LogP contribution in [0.1, 0.15) is 28.4 Å². The van der Waals surface area contributed by atoms with E-state index in [0.717, 1.165) is 11.3 Å². The van der Waals surface area contributed by atoms with Gasteiger partial charge in [0.2, 0.25) is 10.0 Å². The van der Waals surface area contributed by atoms with E-state index in [4.69, 9.17) is 4.74 Å². The molecule has 0 aliphatic rings. The number of sulfonamides is 1. The maximum absolute atomic E-state index is 12.2. The van der Waals surface area contributed by atoms with Gasteiger partial charge in [0.05, 0.1) is 18.0 Å². The van der Waals surface area contributed by atoms with E-state index in [9.17, 15) is 13.2 Å². The first kappa shape index (κ1) is 20.8. The summed E-state index contributed by atoms with van der Waals surface area (Å²) >= 11 is 0. The molecule has 0 aliphatic heterocycles. The fourth-order valence-corrected chi connectivity index (χ4v) is 3.25. The second kappa shape index (κ2) is 8.90. The molecule has 0 aromatic heterocycles. The van der Waals surface area contributed by atoms with Gasteiger partial charge in [-0.3, -0.25) is 9.10 Å². The Bertz CT molecular complexity index is 893. The third-order valence-corrected chi connectivity index (χ3v) is 6.18. The van der Waals surface area contributed by atoms with Crippen LogP contribution in [-0.2, 0) is 10.0 Å². The van der Waals surface area contributed by atoms with Crippen molar-refractivity contribution in [1.29, 1.82) is 0 Å². The van der Waals surface area contributed by atoms with Crippen molar-refractivity contribution in [2.45, 2.75) is 20.8 Å². The third kappa shape index (κ3) is 5.47. The van der Waals surface area contributed by atoms with Crippen LogP contribution in [-0.4, -0.2) is 40.3 Å². The lowest BCUT2D eigenvalue weighted by Crippen LogP contribution is -2.29. The fraction of sp³-hybridized carbons (Fsp3) is 0.350. The predicted molar refractivity (Wildman–Crippen MR) is 108 cm³/mol. The largest absolute Gasteiger partial charge is 0.492 e. The summed E-state index contributed by atoms with van der Waals surface area (Å²) in [5.74, 6) is 0.565. The summed E-state index contributed by atoms with van der Waals surface area (Å²) in [4.78, 5) is 12.2. The highest BCUT2D eigenvalue weighted by Crippen LogP contribution is 2.18. The Labute approximate surface area is 161 Å². The number of ether oxygens (including phenoxy) is 1. The van der Waals surface area contributed by atoms with Gasteiger partial charge in [0, 0.05) is 12.6 Å². The average molecular weight is 391 g/mol. The molecule has 0 spiro atoms. The summed E-state index contributed by atoms with van der Waals surface area (Å²) in [5, 5.41) is 2.79. The molecule has 7 heteroatoms. The van der Waals surface area contributed by atoms with Gasteiger partial charge in [0.25, 0.3) is 5.91 Å². The quantitative estimate of drug-likeness (QED) is 0.703. The lowest BCUT2D eigenvalue weighted by atomic mass is 10.1. The molecule has 27 heavy (non-hydrogen) atoms. The van der Waals surface area contributed by atoms with E-state index in [0.29, 0.717) is 24.4 Å². The van der Waals surface area contributed by atoms with Gasteiger partial charge in [-0.25, -0.2) is 8.42 Å². The molecular formula is C20H26N2O4S. The minimum Gasteiger partial charge on any atom is -0.492 e. The number of anilines is 1. The molecule has 0 aliphatic carbocycles. The molecule has 1 amide bonds. The van der Waals surface area contributed by atoms with Crippen LogP contribution < -0.4 is 14.4 Å². The average Bonchev–Trinajstić information content (AvgIpc) is 2.67. The van der Waals surface area contributed by atoms with Gasteiger partial charge in [-0.05, 0) is 68.3 Å². The molecule has 6 nitrogen and oxygen atoms in total. The third-order valence-electron chi connectivity index (χ3n) is 4.41. The van der Waals surface area contributed by atoms with Crippen molar-refractivity contribution in [3.8, 4) is 5.75 Å². The van der Waals surface area contributed by atoms with E-state index in [1.807, 2.05) is 32.0 Å². The standard InChI is InChI=1S/C20H26N2O4S/c1-5-27(24,25)22(4)18-9-7-17(8-10-18)20(23)21-12-13-26-19-11-6-15(2)16(3)14-19/h6-11,14H,5,12-13H2,1-4H3,(H,21,23). The first-order valence-corrected chi connectivity index (χ1v) is 10.4. The summed E-state index contributed by atoms with van der Waals surface area (Å²) in [6, 6.07) is 12.3. The number of rotatable bonds is 8. The van der Waals surface area contributed by atoms with Crippen LogP contribution in [0.3, 0.4) is 0 Å². The van der Waals surface area contributed by atoms with Crippen molar-refractivity contribution in [2.75, 3.05) is 30.3 Å². The highest BCUT2D eigenvalue weighted by atomic mass is 32.2. The van der Waals surface area contributed by atoms with Gasteiger partial charge in [0.15, 0.2) is 0 Å². The van der Waals surface area contributed by atoms with Crippen molar-refractivity contribution in [2.24, 2.45) is 0 Å². The highest BCUT2D eigenvalue weighted by Gasteiger charge is 2.16. The van der Waals surface area contributed by atoms with E-state index >= 15 is 0 Å². The van der Waals surface area contributed by atoms with Crippen molar-refractivity contribution < 1.29 is 17.9 Å². The molecule has 0 unspecified atom stereocenters. The van der Waals surface area contributed by atoms with Gasteiger partial charge in [0.1, 0.15) is 12.4 Å². The van der Waals surface area contributed by atoms with E-state index in [1.54, 1.807) is 31.2 Å².